The van der Waals surface area contributed by atoms with Crippen LogP contribution in [0.4, 0.5) is 19.3 Å². The van der Waals surface area contributed by atoms with E-state index in [-0.39, 0.29) is 23.8 Å². The topological polar surface area (TPSA) is 50.2 Å². The molecular formula is C18H20F2N4O. The Morgan fingerprint density at radius 3 is 2.36 bits per heavy atom. The van der Waals surface area contributed by atoms with Crippen LogP contribution in [-0.4, -0.2) is 32.8 Å². The van der Waals surface area contributed by atoms with Crippen molar-refractivity contribution in [3.8, 4) is 0 Å². The van der Waals surface area contributed by atoms with Gasteiger partial charge < -0.3 is 10.2 Å². The first-order chi connectivity index (χ1) is 12.0. The lowest BCUT2D eigenvalue weighted by Gasteiger charge is -2.38. The van der Waals surface area contributed by atoms with Crippen LogP contribution in [0.25, 0.3) is 0 Å². The second-order valence-electron chi connectivity index (χ2n) is 6.94. The van der Waals surface area contributed by atoms with Gasteiger partial charge in [0.05, 0.1) is 12.2 Å². The molecule has 132 valence electrons. The van der Waals surface area contributed by atoms with Crippen molar-refractivity contribution >= 4 is 11.7 Å². The molecule has 2 atom stereocenters. The Balaban J connectivity index is 1.50. The summed E-state index contributed by atoms with van der Waals surface area (Å²) in [6.45, 7) is 2.00. The molecule has 2 aliphatic heterocycles. The van der Waals surface area contributed by atoms with Gasteiger partial charge in [0.2, 0.25) is 0 Å². The molecule has 1 N–H and O–H groups in total. The van der Waals surface area contributed by atoms with Gasteiger partial charge in [0.25, 0.3) is 0 Å². The summed E-state index contributed by atoms with van der Waals surface area (Å²) in [5.74, 6) is -1.52. The summed E-state index contributed by atoms with van der Waals surface area (Å²) in [5.41, 5.74) is 0.735. The summed E-state index contributed by atoms with van der Waals surface area (Å²) < 4.78 is 29.6. The van der Waals surface area contributed by atoms with Gasteiger partial charge in [0.1, 0.15) is 17.3 Å². The van der Waals surface area contributed by atoms with Crippen molar-refractivity contribution in [2.24, 2.45) is 0 Å². The van der Waals surface area contributed by atoms with Crippen LogP contribution in [0.1, 0.15) is 37.3 Å². The number of nitrogens with one attached hydrogen (secondary N) is 1. The third-order valence-corrected chi connectivity index (χ3v) is 5.24. The lowest BCUT2D eigenvalue weighted by atomic mass is 9.98. The van der Waals surface area contributed by atoms with E-state index in [9.17, 15) is 13.6 Å². The van der Waals surface area contributed by atoms with Crippen LogP contribution >= 0.6 is 0 Å². The molecule has 1 aromatic heterocycles. The van der Waals surface area contributed by atoms with E-state index < -0.39 is 17.7 Å². The fraction of sp³-hybridized carbons (Fsp3) is 0.444. The molecule has 2 saturated heterocycles. The zero-order valence-corrected chi connectivity index (χ0v) is 14.0. The normalized spacial score (nSPS) is 25.2. The molecule has 2 amide bonds. The fourth-order valence-electron chi connectivity index (χ4n) is 4.12. The Hall–Kier alpha value is -2.44. The highest BCUT2D eigenvalue weighted by atomic mass is 19.1. The highest BCUT2D eigenvalue weighted by molar-refractivity contribution is 5.90. The Morgan fingerprint density at radius 1 is 1.16 bits per heavy atom. The van der Waals surface area contributed by atoms with Crippen molar-refractivity contribution in [3.05, 3.63) is 47.8 Å². The van der Waals surface area contributed by atoms with E-state index in [0.717, 1.165) is 43.4 Å². The minimum atomic E-state index is -0.761. The third kappa shape index (κ3) is 2.88. The number of piperidine rings is 1. The van der Waals surface area contributed by atoms with Crippen LogP contribution in [0, 0.1) is 18.6 Å². The van der Waals surface area contributed by atoms with Crippen molar-refractivity contribution in [2.75, 3.05) is 5.32 Å². The molecule has 5 nitrogen and oxygen atoms in total. The minimum Gasteiger partial charge on any atom is -0.318 e. The average Bonchev–Trinajstić information content (AvgIpc) is 3.12. The van der Waals surface area contributed by atoms with Crippen molar-refractivity contribution < 1.29 is 13.6 Å². The van der Waals surface area contributed by atoms with E-state index in [4.69, 9.17) is 0 Å². The number of aromatic nitrogens is 2. The second kappa shape index (κ2) is 6.13. The number of carbonyl (C=O) groups excluding carboxylic acids is 1. The summed E-state index contributed by atoms with van der Waals surface area (Å²) >= 11 is 0. The Kier molecular flexibility index (Phi) is 3.94. The number of halogens is 2. The zero-order chi connectivity index (χ0) is 17.6. The quantitative estimate of drug-likeness (QED) is 0.897. The van der Waals surface area contributed by atoms with Gasteiger partial charge in [0.15, 0.2) is 0 Å². The summed E-state index contributed by atoms with van der Waals surface area (Å²) in [4.78, 5) is 14.4. The molecule has 2 aliphatic rings. The molecular weight excluding hydrogens is 326 g/mol. The van der Waals surface area contributed by atoms with E-state index >= 15 is 0 Å². The highest BCUT2D eigenvalue weighted by Gasteiger charge is 2.44. The number of anilines is 1. The lowest BCUT2D eigenvalue weighted by molar-refractivity contribution is 0.129. The van der Waals surface area contributed by atoms with Crippen LogP contribution < -0.4 is 5.32 Å². The number of benzene rings is 1. The molecule has 1 aromatic carbocycles. The maximum Gasteiger partial charge on any atom is 0.322 e. The maximum absolute atomic E-state index is 13.8. The SMILES string of the molecule is Cc1cnn(C2CC3CCC(C2)N3C(=O)Nc2c(F)cccc2F)c1. The van der Waals surface area contributed by atoms with Crippen LogP contribution in [0.2, 0.25) is 0 Å². The molecule has 2 bridgehead atoms. The smallest absolute Gasteiger partial charge is 0.318 e. The Labute approximate surface area is 144 Å². The van der Waals surface area contributed by atoms with Crippen molar-refractivity contribution in [2.45, 2.75) is 50.7 Å². The van der Waals surface area contributed by atoms with E-state index in [1.54, 1.807) is 4.90 Å². The molecule has 4 rings (SSSR count). The summed E-state index contributed by atoms with van der Waals surface area (Å²) in [5, 5.41) is 6.82. The number of aryl methyl sites for hydroxylation is 1. The first-order valence-electron chi connectivity index (χ1n) is 8.57. The molecule has 25 heavy (non-hydrogen) atoms. The maximum atomic E-state index is 13.8. The van der Waals surface area contributed by atoms with Gasteiger partial charge in [0, 0.05) is 18.3 Å². The van der Waals surface area contributed by atoms with Gasteiger partial charge in [-0.05, 0) is 50.3 Å². The average molecular weight is 346 g/mol. The Bertz CT molecular complexity index is 772. The first kappa shape index (κ1) is 16.1. The van der Waals surface area contributed by atoms with Crippen LogP contribution in [0.3, 0.4) is 0 Å². The van der Waals surface area contributed by atoms with Crippen molar-refractivity contribution in [3.63, 3.8) is 0 Å². The molecule has 0 radical (unpaired) electrons. The lowest BCUT2D eigenvalue weighted by Crippen LogP contribution is -2.49. The number of nitrogens with zero attached hydrogens (tertiary/aromatic N) is 3. The number of hydrogen-bond donors (Lipinski definition) is 1. The molecule has 0 spiro atoms. The van der Waals surface area contributed by atoms with Gasteiger partial charge in [-0.25, -0.2) is 13.6 Å². The largest absolute Gasteiger partial charge is 0.322 e. The number of carbonyl (C=O) groups is 1. The van der Waals surface area contributed by atoms with Gasteiger partial charge >= 0.3 is 6.03 Å². The van der Waals surface area contributed by atoms with Gasteiger partial charge in [-0.3, -0.25) is 4.68 Å². The Morgan fingerprint density at radius 2 is 1.80 bits per heavy atom. The highest BCUT2D eigenvalue weighted by Crippen LogP contribution is 2.41. The van der Waals surface area contributed by atoms with E-state index in [2.05, 4.69) is 10.4 Å². The van der Waals surface area contributed by atoms with E-state index in [1.165, 1.54) is 6.07 Å². The van der Waals surface area contributed by atoms with Crippen molar-refractivity contribution in [1.29, 1.82) is 0 Å². The van der Waals surface area contributed by atoms with Gasteiger partial charge in [-0.15, -0.1) is 0 Å². The second-order valence-corrected chi connectivity index (χ2v) is 6.94. The van der Waals surface area contributed by atoms with Gasteiger partial charge in [-0.1, -0.05) is 6.07 Å². The molecule has 3 heterocycles. The number of rotatable bonds is 2. The standard InChI is InChI=1S/C18H20F2N4O/c1-11-9-21-23(10-11)14-7-12-5-6-13(8-14)24(12)18(25)22-17-15(19)3-2-4-16(17)20/h2-4,9-10,12-14H,5-8H2,1H3,(H,22,25). The third-order valence-electron chi connectivity index (χ3n) is 5.24. The molecule has 2 aromatic rings. The number of urea groups is 1. The predicted molar refractivity (Wildman–Crippen MR) is 89.3 cm³/mol. The molecule has 7 heteroatoms. The number of fused-ring (bicyclic) bond motifs is 2. The minimum absolute atomic E-state index is 0.0723. The number of para-hydroxylation sites is 1. The monoisotopic (exact) mass is 346 g/mol. The molecule has 0 aliphatic carbocycles. The number of amides is 2. The molecule has 0 saturated carbocycles. The van der Waals surface area contributed by atoms with Crippen LogP contribution in [-0.2, 0) is 0 Å². The van der Waals surface area contributed by atoms with E-state index in [1.807, 2.05) is 24.0 Å². The molecule has 2 unspecified atom stereocenters. The predicted octanol–water partition coefficient (Wildman–Crippen LogP) is 3.87. The summed E-state index contributed by atoms with van der Waals surface area (Å²) in [7, 11) is 0. The summed E-state index contributed by atoms with van der Waals surface area (Å²) in [6.07, 6.45) is 7.30. The summed E-state index contributed by atoms with van der Waals surface area (Å²) in [6, 6.07) is 3.54. The fourth-order valence-corrected chi connectivity index (χ4v) is 4.12. The van der Waals surface area contributed by atoms with Crippen LogP contribution in [0.5, 0.6) is 0 Å². The first-order valence-corrected chi connectivity index (χ1v) is 8.57. The number of hydrogen-bond acceptors (Lipinski definition) is 2. The van der Waals surface area contributed by atoms with E-state index in [0.29, 0.717) is 0 Å². The van der Waals surface area contributed by atoms with Crippen molar-refractivity contribution in [1.82, 2.24) is 14.7 Å². The zero-order valence-electron chi connectivity index (χ0n) is 14.0. The van der Waals surface area contributed by atoms with Crippen LogP contribution in [0.15, 0.2) is 30.6 Å². The molecule has 2 fully saturated rings. The van der Waals surface area contributed by atoms with Gasteiger partial charge in [-0.2, -0.15) is 5.10 Å².